The monoisotopic (exact) mass is 821 g/mol. The molecular formula is C38H48ClN11O6S. The molecule has 2 aliphatic rings. The van der Waals surface area contributed by atoms with Gasteiger partial charge in [0.1, 0.15) is 21.6 Å². The highest BCUT2D eigenvalue weighted by Crippen LogP contribution is 2.28. The molecule has 3 N–H and O–H groups in total. The molecule has 0 radical (unpaired) electrons. The van der Waals surface area contributed by atoms with E-state index in [9.17, 15) is 27.6 Å². The highest BCUT2D eigenvalue weighted by atomic mass is 35.5. The van der Waals surface area contributed by atoms with Gasteiger partial charge in [-0.25, -0.2) is 18.2 Å². The molecule has 2 fully saturated rings. The third-order valence-electron chi connectivity index (χ3n) is 10.8. The maximum absolute atomic E-state index is 13.5. The number of hydrogen-bond donors (Lipinski definition) is 3. The number of para-hydroxylation sites is 1. The zero-order valence-electron chi connectivity index (χ0n) is 32.3. The van der Waals surface area contributed by atoms with Gasteiger partial charge in [0.25, 0.3) is 5.56 Å². The normalized spacial score (nSPS) is 17.2. The third-order valence-corrected chi connectivity index (χ3v) is 12.9. The molecule has 0 saturated carbocycles. The highest BCUT2D eigenvalue weighted by Gasteiger charge is 2.32. The molecule has 7 rings (SSSR count). The van der Waals surface area contributed by atoms with Gasteiger partial charge in [-0.15, -0.1) is 0 Å². The SMILES string of the molecule is CC(C)n1c(=O)c(Cl)cc2cnc(NC3CCN(S(=O)(=O)c4cnn(CCCCCCCNc5cccc6c5n(C)c(=O)n6C5CCC(=O)NC5=O)c4)CC3)nc21. The summed E-state index contributed by atoms with van der Waals surface area (Å²) in [4.78, 5) is 59.3. The van der Waals surface area contributed by atoms with Crippen molar-refractivity contribution in [2.24, 2.45) is 7.05 Å². The zero-order valence-corrected chi connectivity index (χ0v) is 33.9. The van der Waals surface area contributed by atoms with Crippen LogP contribution in [0.15, 0.2) is 57.3 Å². The molecule has 1 aromatic carbocycles. The number of piperidine rings is 2. The number of halogens is 1. The first kappa shape index (κ1) is 40.1. The van der Waals surface area contributed by atoms with Crippen LogP contribution in [0.4, 0.5) is 11.6 Å². The van der Waals surface area contributed by atoms with Crippen molar-refractivity contribution in [1.29, 1.82) is 0 Å². The number of carbonyl (C=O) groups excluding carboxylic acids is 2. The number of nitrogens with one attached hydrogen (secondary N) is 3. The summed E-state index contributed by atoms with van der Waals surface area (Å²) in [5.74, 6) is -0.404. The van der Waals surface area contributed by atoms with Crippen LogP contribution >= 0.6 is 11.6 Å². The predicted molar refractivity (Wildman–Crippen MR) is 217 cm³/mol. The number of pyridine rings is 1. The first-order valence-corrected chi connectivity index (χ1v) is 21.3. The average molecular weight is 822 g/mol. The van der Waals surface area contributed by atoms with Crippen LogP contribution < -0.4 is 27.2 Å². The van der Waals surface area contributed by atoms with E-state index in [2.05, 4.69) is 31.0 Å². The number of sulfonamides is 1. The summed E-state index contributed by atoms with van der Waals surface area (Å²) in [5.41, 5.74) is 2.06. The van der Waals surface area contributed by atoms with Gasteiger partial charge in [0.2, 0.25) is 27.8 Å². The Bertz CT molecular complexity index is 2540. The standard InChI is InChI=1S/C38H48ClN11O6S/c1-24(2)49-34-25(20-28(39)36(49)53)21-41-37(45-34)43-26-14-18-48(19-15-26)57(55,56)27-22-42-47(23-27)17-8-6-4-5-7-16-40-29-10-9-11-30-33(29)46(3)38(54)50(30)31-12-13-32(51)44-35(31)52/h9-11,20-24,26,31,40H,4-8,12-19H2,1-3H3,(H,41,43,45)(H,44,51,52). The van der Waals surface area contributed by atoms with E-state index in [0.717, 1.165) is 37.8 Å². The van der Waals surface area contributed by atoms with Gasteiger partial charge >= 0.3 is 5.69 Å². The fourth-order valence-corrected chi connectivity index (χ4v) is 9.40. The zero-order chi connectivity index (χ0) is 40.4. The lowest BCUT2D eigenvalue weighted by atomic mass is 10.1. The molecule has 2 amide bonds. The Balaban J connectivity index is 0.841. The number of amides is 2. The van der Waals surface area contributed by atoms with E-state index in [1.54, 1.807) is 39.3 Å². The number of aromatic nitrogens is 7. The number of fused-ring (bicyclic) bond motifs is 2. The lowest BCUT2D eigenvalue weighted by Gasteiger charge is -2.31. The van der Waals surface area contributed by atoms with E-state index in [-0.39, 0.29) is 52.0 Å². The Morgan fingerprint density at radius 3 is 2.51 bits per heavy atom. The number of unbranched alkanes of at least 4 members (excludes halogenated alkanes) is 4. The van der Waals surface area contributed by atoms with Crippen LogP contribution in [-0.4, -0.2) is 83.7 Å². The molecule has 17 nitrogen and oxygen atoms in total. The van der Waals surface area contributed by atoms with Crippen molar-refractivity contribution in [2.45, 2.75) is 101 Å². The number of hydrogen-bond acceptors (Lipinski definition) is 11. The van der Waals surface area contributed by atoms with Crippen molar-refractivity contribution in [3.05, 3.63) is 68.7 Å². The van der Waals surface area contributed by atoms with Crippen LogP contribution in [-0.2, 0) is 33.2 Å². The number of nitrogens with zero attached hydrogens (tertiary/aromatic N) is 8. The first-order chi connectivity index (χ1) is 27.3. The smallest absolute Gasteiger partial charge is 0.329 e. The van der Waals surface area contributed by atoms with Crippen molar-refractivity contribution in [1.82, 2.24) is 43.1 Å². The molecule has 2 saturated heterocycles. The van der Waals surface area contributed by atoms with Crippen LogP contribution in [0.3, 0.4) is 0 Å². The lowest BCUT2D eigenvalue weighted by molar-refractivity contribution is -0.135. The van der Waals surface area contributed by atoms with Gasteiger partial charge in [0.15, 0.2) is 0 Å². The largest absolute Gasteiger partial charge is 0.383 e. The van der Waals surface area contributed by atoms with Gasteiger partial charge in [-0.1, -0.05) is 36.9 Å². The van der Waals surface area contributed by atoms with Gasteiger partial charge in [-0.3, -0.25) is 38.1 Å². The van der Waals surface area contributed by atoms with Crippen molar-refractivity contribution >= 4 is 67.1 Å². The van der Waals surface area contributed by atoms with Crippen LogP contribution in [0.1, 0.15) is 83.7 Å². The van der Waals surface area contributed by atoms with E-state index in [0.29, 0.717) is 67.0 Å². The molecular weight excluding hydrogens is 774 g/mol. The number of imidazole rings is 1. The number of carbonyl (C=O) groups is 2. The molecule has 6 heterocycles. The summed E-state index contributed by atoms with van der Waals surface area (Å²) >= 11 is 6.15. The van der Waals surface area contributed by atoms with Crippen LogP contribution in [0.25, 0.3) is 22.1 Å². The Morgan fingerprint density at radius 1 is 1.00 bits per heavy atom. The summed E-state index contributed by atoms with van der Waals surface area (Å²) in [6, 6.07) is 6.25. The maximum Gasteiger partial charge on any atom is 0.329 e. The van der Waals surface area contributed by atoms with Crippen molar-refractivity contribution in [3.63, 3.8) is 0 Å². The van der Waals surface area contributed by atoms with Crippen molar-refractivity contribution in [3.8, 4) is 0 Å². The number of aryl methyl sites for hydroxylation is 2. The summed E-state index contributed by atoms with van der Waals surface area (Å²) in [6.07, 6.45) is 11.0. The second-order valence-electron chi connectivity index (χ2n) is 15.0. The number of anilines is 2. The first-order valence-electron chi connectivity index (χ1n) is 19.5. The molecule has 19 heteroatoms. The van der Waals surface area contributed by atoms with Crippen molar-refractivity contribution < 1.29 is 18.0 Å². The topological polar surface area (TPSA) is 200 Å². The second-order valence-corrected chi connectivity index (χ2v) is 17.4. The Morgan fingerprint density at radius 2 is 1.75 bits per heavy atom. The molecule has 0 spiro atoms. The van der Waals surface area contributed by atoms with Gasteiger partial charge < -0.3 is 10.6 Å². The minimum atomic E-state index is -3.70. The molecule has 57 heavy (non-hydrogen) atoms. The molecule has 0 bridgehead atoms. The third kappa shape index (κ3) is 8.34. The Labute approximate surface area is 334 Å². The van der Waals surface area contributed by atoms with Crippen LogP contribution in [0, 0.1) is 0 Å². The number of imide groups is 1. The van der Waals surface area contributed by atoms with Gasteiger partial charge in [-0.05, 0) is 64.2 Å². The molecule has 2 aliphatic heterocycles. The predicted octanol–water partition coefficient (Wildman–Crippen LogP) is 4.18. The number of benzene rings is 1. The van der Waals surface area contributed by atoms with E-state index >= 15 is 0 Å². The summed E-state index contributed by atoms with van der Waals surface area (Å²) in [7, 11) is -2.02. The maximum atomic E-state index is 13.5. The quantitative estimate of drug-likeness (QED) is 0.101. The van der Waals surface area contributed by atoms with E-state index in [1.807, 2.05) is 32.0 Å². The minimum Gasteiger partial charge on any atom is -0.383 e. The van der Waals surface area contributed by atoms with Crippen molar-refractivity contribution in [2.75, 3.05) is 30.3 Å². The van der Waals surface area contributed by atoms with Gasteiger partial charge in [0, 0.05) is 69.5 Å². The Kier molecular flexibility index (Phi) is 11.8. The van der Waals surface area contributed by atoms with E-state index in [1.165, 1.54) is 15.1 Å². The molecule has 4 aromatic heterocycles. The van der Waals surface area contributed by atoms with Gasteiger partial charge in [-0.2, -0.15) is 14.4 Å². The second kappa shape index (κ2) is 16.8. The minimum absolute atomic E-state index is 0.0387. The fraction of sp³-hybridized carbons (Fsp3) is 0.500. The molecule has 1 atom stereocenters. The molecule has 1 unspecified atom stereocenters. The van der Waals surface area contributed by atoms with E-state index in [4.69, 9.17) is 11.6 Å². The highest BCUT2D eigenvalue weighted by molar-refractivity contribution is 7.89. The average Bonchev–Trinajstić information content (AvgIpc) is 3.76. The Hall–Kier alpha value is -5.07. The molecule has 0 aliphatic carbocycles. The summed E-state index contributed by atoms with van der Waals surface area (Å²) in [6.45, 7) is 5.77. The number of rotatable bonds is 15. The molecule has 5 aromatic rings. The summed E-state index contributed by atoms with van der Waals surface area (Å²) in [5, 5.41) is 14.2. The lowest BCUT2D eigenvalue weighted by Crippen LogP contribution is -2.44. The fourth-order valence-electron chi connectivity index (χ4n) is 7.77. The van der Waals surface area contributed by atoms with Crippen LogP contribution in [0.5, 0.6) is 0 Å². The molecule has 304 valence electrons. The summed E-state index contributed by atoms with van der Waals surface area (Å²) < 4.78 is 34.7. The van der Waals surface area contributed by atoms with E-state index < -0.39 is 22.0 Å². The van der Waals surface area contributed by atoms with Gasteiger partial charge in [0.05, 0.1) is 22.9 Å². The van der Waals surface area contributed by atoms with Crippen LogP contribution in [0.2, 0.25) is 5.02 Å².